The van der Waals surface area contributed by atoms with Crippen LogP contribution in [0.4, 0.5) is 10.3 Å². The minimum absolute atomic E-state index is 0.0592. The highest BCUT2D eigenvalue weighted by molar-refractivity contribution is 7.91. The van der Waals surface area contributed by atoms with Gasteiger partial charge in [-0.2, -0.15) is 4.98 Å². The van der Waals surface area contributed by atoms with Gasteiger partial charge in [0, 0.05) is 12.1 Å². The molecule has 0 atom stereocenters. The summed E-state index contributed by atoms with van der Waals surface area (Å²) in [7, 11) is 1.47. The van der Waals surface area contributed by atoms with Gasteiger partial charge in [0.15, 0.2) is 0 Å². The second-order valence-corrected chi connectivity index (χ2v) is 8.79. The first-order chi connectivity index (χ1) is 14.3. The molecular formula is C21H24FN3O4S. The number of sulfone groups is 1. The molecule has 1 N–H and O–H groups in total. The number of rotatable bonds is 9. The number of hydrogen-bond acceptors (Lipinski definition) is 7. The number of benzene rings is 2. The van der Waals surface area contributed by atoms with Gasteiger partial charge in [0.25, 0.3) is 0 Å². The highest BCUT2D eigenvalue weighted by Gasteiger charge is 2.28. The molecule has 30 heavy (non-hydrogen) atoms. The van der Waals surface area contributed by atoms with Crippen LogP contribution in [-0.2, 0) is 9.84 Å². The summed E-state index contributed by atoms with van der Waals surface area (Å²) in [5, 5.41) is 2.80. The molecule has 3 rings (SSSR count). The fourth-order valence-corrected chi connectivity index (χ4v) is 4.06. The Kier molecular flexibility index (Phi) is 6.73. The molecule has 0 unspecified atom stereocenters. The van der Waals surface area contributed by atoms with Crippen molar-refractivity contribution in [1.29, 1.82) is 0 Å². The summed E-state index contributed by atoms with van der Waals surface area (Å²) in [4.78, 5) is 6.23. The SMILES string of the molecule is COc1ccc(-c2nc(S(=O)(=O)c3ccc(F)cc3)c(NCCCN(C)C)o2)cc1. The smallest absolute Gasteiger partial charge is 0.233 e. The number of oxazole rings is 1. The number of nitrogens with one attached hydrogen (secondary N) is 1. The lowest BCUT2D eigenvalue weighted by Gasteiger charge is -2.10. The largest absolute Gasteiger partial charge is 0.497 e. The predicted molar refractivity (Wildman–Crippen MR) is 112 cm³/mol. The Labute approximate surface area is 175 Å². The van der Waals surface area contributed by atoms with E-state index in [1.54, 1.807) is 31.4 Å². The van der Waals surface area contributed by atoms with Crippen LogP contribution in [0.1, 0.15) is 6.42 Å². The van der Waals surface area contributed by atoms with E-state index in [9.17, 15) is 12.8 Å². The third-order valence-electron chi connectivity index (χ3n) is 4.38. The van der Waals surface area contributed by atoms with Gasteiger partial charge in [-0.1, -0.05) is 0 Å². The number of nitrogens with zero attached hydrogens (tertiary/aromatic N) is 2. The van der Waals surface area contributed by atoms with E-state index in [1.165, 1.54) is 12.1 Å². The summed E-state index contributed by atoms with van der Waals surface area (Å²) in [6.45, 7) is 1.33. The van der Waals surface area contributed by atoms with Crippen molar-refractivity contribution in [3.63, 3.8) is 0 Å². The molecule has 0 radical (unpaired) electrons. The average Bonchev–Trinajstić information content (AvgIpc) is 3.16. The first kappa shape index (κ1) is 21.8. The highest BCUT2D eigenvalue weighted by atomic mass is 32.2. The summed E-state index contributed by atoms with van der Waals surface area (Å²) in [6.07, 6.45) is 0.779. The molecule has 0 aliphatic carbocycles. The van der Waals surface area contributed by atoms with Crippen molar-refractivity contribution in [3.8, 4) is 17.2 Å². The van der Waals surface area contributed by atoms with Crippen molar-refractivity contribution in [1.82, 2.24) is 9.88 Å². The minimum atomic E-state index is -4.01. The van der Waals surface area contributed by atoms with Gasteiger partial charge in [-0.25, -0.2) is 12.8 Å². The Morgan fingerprint density at radius 3 is 2.37 bits per heavy atom. The molecule has 0 amide bonds. The molecular weight excluding hydrogens is 409 g/mol. The van der Waals surface area contributed by atoms with Gasteiger partial charge >= 0.3 is 0 Å². The summed E-state index contributed by atoms with van der Waals surface area (Å²) < 4.78 is 50.5. The van der Waals surface area contributed by atoms with E-state index >= 15 is 0 Å². The number of hydrogen-bond donors (Lipinski definition) is 1. The van der Waals surface area contributed by atoms with Gasteiger partial charge in [-0.3, -0.25) is 0 Å². The van der Waals surface area contributed by atoms with E-state index in [0.717, 1.165) is 25.1 Å². The van der Waals surface area contributed by atoms with Crippen LogP contribution >= 0.6 is 0 Å². The summed E-state index contributed by atoms with van der Waals surface area (Å²) in [5.41, 5.74) is 0.604. The highest BCUT2D eigenvalue weighted by Crippen LogP contribution is 2.33. The molecule has 0 aliphatic heterocycles. The van der Waals surface area contributed by atoms with Gasteiger partial charge in [0.2, 0.25) is 26.6 Å². The minimum Gasteiger partial charge on any atom is -0.497 e. The van der Waals surface area contributed by atoms with E-state index in [2.05, 4.69) is 10.3 Å². The van der Waals surface area contributed by atoms with Gasteiger partial charge in [-0.05, 0) is 75.6 Å². The third kappa shape index (κ3) is 4.98. The lowest BCUT2D eigenvalue weighted by molar-refractivity contribution is 0.404. The first-order valence-corrected chi connectivity index (χ1v) is 10.8. The Hall–Kier alpha value is -2.91. The van der Waals surface area contributed by atoms with E-state index in [4.69, 9.17) is 9.15 Å². The molecule has 2 aromatic carbocycles. The molecule has 0 saturated carbocycles. The van der Waals surface area contributed by atoms with Crippen molar-refractivity contribution in [2.45, 2.75) is 16.3 Å². The maximum absolute atomic E-state index is 13.3. The lowest BCUT2D eigenvalue weighted by Crippen LogP contribution is -2.17. The Bertz CT molecular complexity index is 1080. The van der Waals surface area contributed by atoms with Crippen LogP contribution in [-0.4, -0.2) is 52.6 Å². The zero-order chi connectivity index (χ0) is 21.7. The zero-order valence-electron chi connectivity index (χ0n) is 17.1. The van der Waals surface area contributed by atoms with Crippen molar-refractivity contribution < 1.29 is 22.0 Å². The Morgan fingerprint density at radius 1 is 1.10 bits per heavy atom. The van der Waals surface area contributed by atoms with Gasteiger partial charge in [0.1, 0.15) is 11.6 Å². The van der Waals surface area contributed by atoms with Crippen LogP contribution < -0.4 is 10.1 Å². The fraction of sp³-hybridized carbons (Fsp3) is 0.286. The normalized spacial score (nSPS) is 11.6. The number of ether oxygens (including phenoxy) is 1. The van der Waals surface area contributed by atoms with E-state index < -0.39 is 15.7 Å². The molecule has 1 heterocycles. The number of methoxy groups -OCH3 is 1. The second-order valence-electron chi connectivity index (χ2n) is 6.92. The summed E-state index contributed by atoms with van der Waals surface area (Å²) >= 11 is 0. The monoisotopic (exact) mass is 433 g/mol. The van der Waals surface area contributed by atoms with Crippen LogP contribution in [0.2, 0.25) is 0 Å². The Balaban J connectivity index is 1.97. The summed E-state index contributed by atoms with van der Waals surface area (Å²) in [6, 6.07) is 11.5. The topological polar surface area (TPSA) is 84.7 Å². The first-order valence-electron chi connectivity index (χ1n) is 9.36. The fourth-order valence-electron chi connectivity index (χ4n) is 2.78. The van der Waals surface area contributed by atoms with Crippen molar-refractivity contribution >= 4 is 15.7 Å². The van der Waals surface area contributed by atoms with E-state index in [0.29, 0.717) is 17.9 Å². The molecule has 0 spiro atoms. The molecule has 9 heteroatoms. The molecule has 0 aliphatic rings. The Morgan fingerprint density at radius 2 is 1.77 bits per heavy atom. The number of halogens is 1. The molecule has 7 nitrogen and oxygen atoms in total. The average molecular weight is 434 g/mol. The zero-order valence-corrected chi connectivity index (χ0v) is 17.9. The van der Waals surface area contributed by atoms with Crippen LogP contribution in [0.3, 0.4) is 0 Å². The number of aromatic nitrogens is 1. The number of anilines is 1. The second kappa shape index (κ2) is 9.27. The maximum atomic E-state index is 13.3. The molecule has 160 valence electrons. The molecule has 0 bridgehead atoms. The summed E-state index contributed by atoms with van der Waals surface area (Å²) in [5.74, 6) is 0.360. The van der Waals surface area contributed by atoms with Gasteiger partial charge < -0.3 is 19.4 Å². The van der Waals surface area contributed by atoms with Gasteiger partial charge in [-0.15, -0.1) is 0 Å². The van der Waals surface area contributed by atoms with E-state index in [-0.39, 0.29) is 21.7 Å². The van der Waals surface area contributed by atoms with Crippen molar-refractivity contribution in [2.75, 3.05) is 39.6 Å². The van der Waals surface area contributed by atoms with Crippen LogP contribution in [0.5, 0.6) is 5.75 Å². The van der Waals surface area contributed by atoms with Gasteiger partial charge in [0.05, 0.1) is 12.0 Å². The van der Waals surface area contributed by atoms with E-state index in [1.807, 2.05) is 19.0 Å². The standard InChI is InChI=1S/C21H24FN3O4S/c1-25(2)14-4-13-23-20-21(30(26,27)18-11-7-16(22)8-12-18)24-19(29-20)15-5-9-17(28-3)10-6-15/h5-12,23H,4,13-14H2,1-3H3. The maximum Gasteiger partial charge on any atom is 0.233 e. The van der Waals surface area contributed by atoms with Crippen LogP contribution in [0.25, 0.3) is 11.5 Å². The van der Waals surface area contributed by atoms with Crippen molar-refractivity contribution in [2.24, 2.45) is 0 Å². The molecule has 3 aromatic rings. The molecule has 1 aromatic heterocycles. The molecule has 0 fully saturated rings. The predicted octanol–water partition coefficient (Wildman–Crippen LogP) is 3.69. The lowest BCUT2D eigenvalue weighted by atomic mass is 10.2. The van der Waals surface area contributed by atoms with Crippen molar-refractivity contribution in [3.05, 3.63) is 54.3 Å². The quantitative estimate of drug-likeness (QED) is 0.407. The molecule has 0 saturated heterocycles. The van der Waals surface area contributed by atoms with Crippen LogP contribution in [0.15, 0.2) is 62.9 Å². The van der Waals surface area contributed by atoms with Crippen LogP contribution in [0, 0.1) is 5.82 Å². The third-order valence-corrected chi connectivity index (χ3v) is 6.06.